The summed E-state index contributed by atoms with van der Waals surface area (Å²) < 4.78 is 0. The molecular weight excluding hydrogens is 250 g/mol. The van der Waals surface area contributed by atoms with E-state index in [4.69, 9.17) is 23.7 Å². The average molecular weight is 267 g/mol. The summed E-state index contributed by atoms with van der Waals surface area (Å²) in [4.78, 5) is 19.7. The van der Waals surface area contributed by atoms with Gasteiger partial charge in [-0.2, -0.15) is 0 Å². The first-order valence-electron chi connectivity index (χ1n) is 5.41. The molecule has 5 N–H and O–H groups in total. The highest BCUT2D eigenvalue weighted by Gasteiger charge is 2.24. The van der Waals surface area contributed by atoms with Gasteiger partial charge < -0.3 is 16.8 Å². The molecule has 0 aliphatic heterocycles. The van der Waals surface area contributed by atoms with E-state index in [0.29, 0.717) is 18.2 Å². The Bertz CT molecular complexity index is 486. The standard InChI is InChI=1S/C11H17N5OS/c1-6-4-7(8(12)18)16-10(15-6)14-5-11(2,3)9(13)17/h4H,5H2,1-3H3,(H2,12,18)(H2,13,17)(H,14,15,16). The molecule has 18 heavy (non-hydrogen) atoms. The fraction of sp³-hybridized carbons (Fsp3) is 0.455. The number of aryl methyl sites for hydroxylation is 1. The summed E-state index contributed by atoms with van der Waals surface area (Å²) in [5, 5.41) is 2.96. The molecule has 0 saturated heterocycles. The highest BCUT2D eigenvalue weighted by atomic mass is 32.1. The third kappa shape index (κ3) is 3.63. The number of aromatic nitrogens is 2. The molecule has 0 radical (unpaired) electrons. The molecule has 6 nitrogen and oxygen atoms in total. The van der Waals surface area contributed by atoms with Crippen molar-refractivity contribution in [3.63, 3.8) is 0 Å². The third-order valence-corrected chi connectivity index (χ3v) is 2.67. The van der Waals surface area contributed by atoms with Gasteiger partial charge in [0.15, 0.2) is 0 Å². The fourth-order valence-electron chi connectivity index (χ4n) is 1.16. The Balaban J connectivity index is 2.86. The Hall–Kier alpha value is -1.76. The van der Waals surface area contributed by atoms with E-state index in [9.17, 15) is 4.79 Å². The van der Waals surface area contributed by atoms with Crippen molar-refractivity contribution in [2.45, 2.75) is 20.8 Å². The first-order valence-corrected chi connectivity index (χ1v) is 5.82. The molecule has 0 fully saturated rings. The molecule has 0 aliphatic carbocycles. The maximum atomic E-state index is 11.2. The minimum atomic E-state index is -0.684. The number of primary amides is 1. The normalized spacial score (nSPS) is 11.1. The third-order valence-electron chi connectivity index (χ3n) is 2.46. The maximum Gasteiger partial charge on any atom is 0.224 e. The molecule has 1 aromatic heterocycles. The van der Waals surface area contributed by atoms with Crippen LogP contribution in [0.5, 0.6) is 0 Å². The minimum Gasteiger partial charge on any atom is -0.388 e. The van der Waals surface area contributed by atoms with Gasteiger partial charge in [-0.05, 0) is 26.8 Å². The number of thiocarbonyl (C=S) groups is 1. The van der Waals surface area contributed by atoms with Gasteiger partial charge in [0.1, 0.15) is 10.7 Å². The van der Waals surface area contributed by atoms with Crippen LogP contribution in [0.3, 0.4) is 0 Å². The number of nitrogens with two attached hydrogens (primary N) is 2. The van der Waals surface area contributed by atoms with Gasteiger partial charge in [0.2, 0.25) is 11.9 Å². The second-order valence-corrected chi connectivity index (χ2v) is 5.12. The van der Waals surface area contributed by atoms with Crippen molar-refractivity contribution >= 4 is 29.1 Å². The summed E-state index contributed by atoms with van der Waals surface area (Å²) in [5.74, 6) is -0.00986. The van der Waals surface area contributed by atoms with Crippen LogP contribution in [0.2, 0.25) is 0 Å². The Labute approximate surface area is 111 Å². The molecule has 1 aromatic rings. The van der Waals surface area contributed by atoms with E-state index in [1.807, 2.05) is 6.92 Å². The number of carbonyl (C=O) groups excluding carboxylic acids is 1. The SMILES string of the molecule is Cc1cc(C(N)=S)nc(NCC(C)(C)C(N)=O)n1. The van der Waals surface area contributed by atoms with Crippen molar-refractivity contribution in [1.82, 2.24) is 9.97 Å². The second-order valence-electron chi connectivity index (χ2n) is 4.68. The Morgan fingerprint density at radius 1 is 1.44 bits per heavy atom. The average Bonchev–Trinajstić information content (AvgIpc) is 2.25. The topological polar surface area (TPSA) is 107 Å². The maximum absolute atomic E-state index is 11.2. The highest BCUT2D eigenvalue weighted by molar-refractivity contribution is 7.80. The van der Waals surface area contributed by atoms with Crippen LogP contribution in [-0.2, 0) is 4.79 Å². The Kier molecular flexibility index (Phi) is 4.18. The summed E-state index contributed by atoms with van der Waals surface area (Å²) in [7, 11) is 0. The van der Waals surface area contributed by atoms with Crippen molar-refractivity contribution in [1.29, 1.82) is 0 Å². The van der Waals surface area contributed by atoms with Crippen LogP contribution in [0, 0.1) is 12.3 Å². The largest absolute Gasteiger partial charge is 0.388 e. The zero-order valence-corrected chi connectivity index (χ0v) is 11.5. The summed E-state index contributed by atoms with van der Waals surface area (Å²) >= 11 is 4.87. The molecule has 1 rings (SSSR count). The highest BCUT2D eigenvalue weighted by Crippen LogP contribution is 2.15. The number of rotatable bonds is 5. The smallest absolute Gasteiger partial charge is 0.224 e. The van der Waals surface area contributed by atoms with E-state index in [1.165, 1.54) is 0 Å². The van der Waals surface area contributed by atoms with E-state index >= 15 is 0 Å². The molecule has 7 heteroatoms. The minimum absolute atomic E-state index is 0.206. The Morgan fingerprint density at radius 2 is 2.06 bits per heavy atom. The van der Waals surface area contributed by atoms with Gasteiger partial charge in [-0.1, -0.05) is 12.2 Å². The lowest BCUT2D eigenvalue weighted by Crippen LogP contribution is -2.37. The summed E-state index contributed by atoms with van der Waals surface area (Å²) in [6, 6.07) is 1.70. The molecule has 0 aromatic carbocycles. The van der Waals surface area contributed by atoms with Crippen molar-refractivity contribution in [3.05, 3.63) is 17.5 Å². The fourth-order valence-corrected chi connectivity index (χ4v) is 1.27. The van der Waals surface area contributed by atoms with Gasteiger partial charge in [0, 0.05) is 12.2 Å². The van der Waals surface area contributed by atoms with Crippen LogP contribution < -0.4 is 16.8 Å². The van der Waals surface area contributed by atoms with Gasteiger partial charge in [0.05, 0.1) is 5.41 Å². The summed E-state index contributed by atoms with van der Waals surface area (Å²) in [5.41, 5.74) is 11.4. The molecule has 1 heterocycles. The molecule has 0 saturated carbocycles. The van der Waals surface area contributed by atoms with Gasteiger partial charge in [-0.3, -0.25) is 4.79 Å². The van der Waals surface area contributed by atoms with E-state index < -0.39 is 11.3 Å². The monoisotopic (exact) mass is 267 g/mol. The van der Waals surface area contributed by atoms with E-state index in [2.05, 4.69) is 15.3 Å². The van der Waals surface area contributed by atoms with Crippen molar-refractivity contribution in [2.75, 3.05) is 11.9 Å². The lowest BCUT2D eigenvalue weighted by Gasteiger charge is -2.20. The van der Waals surface area contributed by atoms with Crippen molar-refractivity contribution < 1.29 is 4.79 Å². The van der Waals surface area contributed by atoms with Gasteiger partial charge in [-0.25, -0.2) is 9.97 Å². The molecule has 0 aliphatic rings. The number of amides is 1. The number of carbonyl (C=O) groups is 1. The molecule has 0 spiro atoms. The number of hydrogen-bond acceptors (Lipinski definition) is 5. The number of hydrogen-bond donors (Lipinski definition) is 3. The van der Waals surface area contributed by atoms with Crippen LogP contribution >= 0.6 is 12.2 Å². The van der Waals surface area contributed by atoms with E-state index in [0.717, 1.165) is 5.69 Å². The molecule has 0 atom stereocenters. The van der Waals surface area contributed by atoms with E-state index in [-0.39, 0.29) is 4.99 Å². The first kappa shape index (κ1) is 14.3. The zero-order valence-electron chi connectivity index (χ0n) is 10.7. The summed E-state index contributed by atoms with van der Waals surface area (Å²) in [6.45, 7) is 5.63. The number of anilines is 1. The molecule has 0 bridgehead atoms. The van der Waals surface area contributed by atoms with Gasteiger partial charge in [0.25, 0.3) is 0 Å². The number of nitrogens with zero attached hydrogens (tertiary/aromatic N) is 2. The van der Waals surface area contributed by atoms with Gasteiger partial charge >= 0.3 is 0 Å². The second kappa shape index (κ2) is 5.26. The quantitative estimate of drug-likeness (QED) is 0.664. The van der Waals surface area contributed by atoms with Crippen LogP contribution in [0.25, 0.3) is 0 Å². The predicted octanol–water partition coefficient (Wildman–Crippen LogP) is 0.343. The lowest BCUT2D eigenvalue weighted by atomic mass is 9.93. The van der Waals surface area contributed by atoms with Gasteiger partial charge in [-0.15, -0.1) is 0 Å². The van der Waals surface area contributed by atoms with Crippen LogP contribution in [-0.4, -0.2) is 27.4 Å². The van der Waals surface area contributed by atoms with E-state index in [1.54, 1.807) is 19.9 Å². The number of nitrogens with one attached hydrogen (secondary N) is 1. The van der Waals surface area contributed by atoms with Crippen LogP contribution in [0.4, 0.5) is 5.95 Å². The molecule has 0 unspecified atom stereocenters. The van der Waals surface area contributed by atoms with Crippen LogP contribution in [0.1, 0.15) is 25.2 Å². The predicted molar refractivity (Wildman–Crippen MR) is 74.1 cm³/mol. The lowest BCUT2D eigenvalue weighted by molar-refractivity contribution is -0.125. The summed E-state index contributed by atoms with van der Waals surface area (Å²) in [6.07, 6.45) is 0. The first-order chi connectivity index (χ1) is 8.22. The molecule has 98 valence electrons. The zero-order chi connectivity index (χ0) is 13.9. The Morgan fingerprint density at radius 3 is 2.56 bits per heavy atom. The van der Waals surface area contributed by atoms with Crippen LogP contribution in [0.15, 0.2) is 6.07 Å². The molecule has 1 amide bonds. The van der Waals surface area contributed by atoms with Crippen molar-refractivity contribution in [2.24, 2.45) is 16.9 Å². The van der Waals surface area contributed by atoms with Crippen molar-refractivity contribution in [3.8, 4) is 0 Å². The molecular formula is C11H17N5OS.